The first-order valence-electron chi connectivity index (χ1n) is 8.94. The molecule has 2 aromatic rings. The van der Waals surface area contributed by atoms with Crippen molar-refractivity contribution in [1.29, 1.82) is 0 Å². The number of amides is 1. The summed E-state index contributed by atoms with van der Waals surface area (Å²) in [7, 11) is -3.71. The normalized spacial score (nSPS) is 15.9. The van der Waals surface area contributed by atoms with E-state index in [1.54, 1.807) is 0 Å². The topological polar surface area (TPSA) is 110 Å². The molecule has 3 rings (SSSR count). The molecule has 0 spiro atoms. The molecule has 2 aromatic carbocycles. The predicted molar refractivity (Wildman–Crippen MR) is 103 cm³/mol. The van der Waals surface area contributed by atoms with Crippen LogP contribution in [0.4, 0.5) is 5.69 Å². The maximum absolute atomic E-state index is 12.7. The fraction of sp³-hybridized carbons (Fsp3) is 0.316. The van der Waals surface area contributed by atoms with Gasteiger partial charge in [-0.3, -0.25) is 14.9 Å². The lowest BCUT2D eigenvalue weighted by atomic mass is 10.1. The molecule has 0 atom stereocenters. The first-order valence-corrected chi connectivity index (χ1v) is 10.4. The van der Waals surface area contributed by atoms with E-state index in [1.165, 1.54) is 28.6 Å². The molecule has 0 bridgehead atoms. The van der Waals surface area contributed by atoms with E-state index in [9.17, 15) is 23.3 Å². The van der Waals surface area contributed by atoms with Gasteiger partial charge in [0.25, 0.3) is 5.69 Å². The summed E-state index contributed by atoms with van der Waals surface area (Å²) in [5, 5.41) is 13.7. The van der Waals surface area contributed by atoms with Crippen LogP contribution in [0.25, 0.3) is 0 Å². The molecule has 1 N–H and O–H groups in total. The number of nitrogens with zero attached hydrogens (tertiary/aromatic N) is 2. The van der Waals surface area contributed by atoms with Crippen molar-refractivity contribution in [3.63, 3.8) is 0 Å². The highest BCUT2D eigenvalue weighted by Gasteiger charge is 2.30. The SMILES string of the molecule is O=C(Cc1ccccc1)NC1CCN(S(=O)(=O)c2ccc([N+](=O)[O-])cc2)CC1. The number of non-ortho nitro benzene ring substituents is 1. The number of hydrogen-bond acceptors (Lipinski definition) is 5. The van der Waals surface area contributed by atoms with Gasteiger partial charge in [-0.15, -0.1) is 0 Å². The van der Waals surface area contributed by atoms with Crippen LogP contribution in [0, 0.1) is 10.1 Å². The van der Waals surface area contributed by atoms with Gasteiger partial charge in [0.2, 0.25) is 15.9 Å². The number of nitro groups is 1. The van der Waals surface area contributed by atoms with Crippen LogP contribution in [0.5, 0.6) is 0 Å². The Bertz CT molecular complexity index is 937. The number of piperidine rings is 1. The van der Waals surface area contributed by atoms with Crippen LogP contribution in [0.2, 0.25) is 0 Å². The number of sulfonamides is 1. The summed E-state index contributed by atoms with van der Waals surface area (Å²) >= 11 is 0. The zero-order valence-electron chi connectivity index (χ0n) is 15.2. The summed E-state index contributed by atoms with van der Waals surface area (Å²) in [6.45, 7) is 0.575. The van der Waals surface area contributed by atoms with E-state index >= 15 is 0 Å². The van der Waals surface area contributed by atoms with Crippen molar-refractivity contribution >= 4 is 21.6 Å². The van der Waals surface area contributed by atoms with Gasteiger partial charge in [-0.1, -0.05) is 30.3 Å². The average Bonchev–Trinajstić information content (AvgIpc) is 2.69. The van der Waals surface area contributed by atoms with Gasteiger partial charge in [-0.05, 0) is 30.5 Å². The number of hydrogen-bond donors (Lipinski definition) is 1. The lowest BCUT2D eigenvalue weighted by molar-refractivity contribution is -0.384. The molecule has 1 aliphatic rings. The molecule has 28 heavy (non-hydrogen) atoms. The third-order valence-corrected chi connectivity index (χ3v) is 6.62. The van der Waals surface area contributed by atoms with Crippen molar-refractivity contribution in [2.24, 2.45) is 0 Å². The van der Waals surface area contributed by atoms with Crippen molar-refractivity contribution in [1.82, 2.24) is 9.62 Å². The maximum Gasteiger partial charge on any atom is 0.269 e. The van der Waals surface area contributed by atoms with Gasteiger partial charge in [0.05, 0.1) is 16.2 Å². The van der Waals surface area contributed by atoms with Crippen molar-refractivity contribution in [3.05, 3.63) is 70.3 Å². The molecule has 148 valence electrons. The Morgan fingerprint density at radius 3 is 2.25 bits per heavy atom. The molecule has 9 heteroatoms. The van der Waals surface area contributed by atoms with Crippen molar-refractivity contribution in [2.45, 2.75) is 30.2 Å². The largest absolute Gasteiger partial charge is 0.353 e. The average molecular weight is 403 g/mol. The highest BCUT2D eigenvalue weighted by molar-refractivity contribution is 7.89. The van der Waals surface area contributed by atoms with Crippen LogP contribution in [0.3, 0.4) is 0 Å². The van der Waals surface area contributed by atoms with Crippen LogP contribution >= 0.6 is 0 Å². The van der Waals surface area contributed by atoms with Crippen molar-refractivity contribution in [3.8, 4) is 0 Å². The van der Waals surface area contributed by atoms with Gasteiger partial charge < -0.3 is 5.32 Å². The molecule has 1 fully saturated rings. The number of nitrogens with one attached hydrogen (secondary N) is 1. The van der Waals surface area contributed by atoms with Crippen LogP contribution in [-0.2, 0) is 21.2 Å². The third-order valence-electron chi connectivity index (χ3n) is 4.71. The van der Waals surface area contributed by atoms with Gasteiger partial charge in [-0.2, -0.15) is 4.31 Å². The zero-order valence-corrected chi connectivity index (χ0v) is 16.0. The minimum absolute atomic E-state index is 0.0321. The van der Waals surface area contributed by atoms with Crippen LogP contribution < -0.4 is 5.32 Å². The second kappa shape index (κ2) is 8.49. The number of nitro benzene ring substituents is 1. The minimum atomic E-state index is -3.71. The Morgan fingerprint density at radius 2 is 1.68 bits per heavy atom. The Labute approximate surface area is 163 Å². The molecule has 0 radical (unpaired) electrons. The first-order chi connectivity index (χ1) is 13.4. The molecule has 1 heterocycles. The van der Waals surface area contributed by atoms with Gasteiger partial charge in [0.15, 0.2) is 0 Å². The van der Waals surface area contributed by atoms with Crippen LogP contribution in [-0.4, -0.2) is 42.7 Å². The second-order valence-corrected chi connectivity index (χ2v) is 8.60. The van der Waals surface area contributed by atoms with E-state index < -0.39 is 14.9 Å². The summed E-state index contributed by atoms with van der Waals surface area (Å²) in [5.74, 6) is -0.0807. The monoisotopic (exact) mass is 403 g/mol. The van der Waals surface area contributed by atoms with Gasteiger partial charge in [-0.25, -0.2) is 8.42 Å². The lowest BCUT2D eigenvalue weighted by Gasteiger charge is -2.31. The Hall–Kier alpha value is -2.78. The molecule has 0 saturated carbocycles. The molecule has 0 aromatic heterocycles. The molecule has 1 aliphatic heterocycles. The van der Waals surface area contributed by atoms with Crippen LogP contribution in [0.15, 0.2) is 59.5 Å². The highest BCUT2D eigenvalue weighted by atomic mass is 32.2. The standard InChI is InChI=1S/C19H21N3O5S/c23-19(14-15-4-2-1-3-5-15)20-16-10-12-21(13-11-16)28(26,27)18-8-6-17(7-9-18)22(24)25/h1-9,16H,10-14H2,(H,20,23). The summed E-state index contributed by atoms with van der Waals surface area (Å²) < 4.78 is 26.8. The second-order valence-electron chi connectivity index (χ2n) is 6.66. The Morgan fingerprint density at radius 1 is 1.07 bits per heavy atom. The minimum Gasteiger partial charge on any atom is -0.353 e. The smallest absolute Gasteiger partial charge is 0.269 e. The lowest BCUT2D eigenvalue weighted by Crippen LogP contribution is -2.46. The Kier molecular flexibility index (Phi) is 6.05. The summed E-state index contributed by atoms with van der Waals surface area (Å²) in [6, 6.07) is 14.2. The molecule has 1 amide bonds. The van der Waals surface area contributed by atoms with E-state index in [-0.39, 0.29) is 35.6 Å². The fourth-order valence-corrected chi connectivity index (χ4v) is 4.66. The van der Waals surface area contributed by atoms with E-state index in [2.05, 4.69) is 5.32 Å². The predicted octanol–water partition coefficient (Wildman–Crippen LogP) is 2.11. The third kappa shape index (κ3) is 4.73. The van der Waals surface area contributed by atoms with E-state index in [1.807, 2.05) is 30.3 Å². The number of carbonyl (C=O) groups excluding carboxylic acids is 1. The highest BCUT2D eigenvalue weighted by Crippen LogP contribution is 2.23. The molecule has 0 aliphatic carbocycles. The van der Waals surface area contributed by atoms with Crippen LogP contribution in [0.1, 0.15) is 18.4 Å². The van der Waals surface area contributed by atoms with Crippen molar-refractivity contribution in [2.75, 3.05) is 13.1 Å². The van der Waals surface area contributed by atoms with Crippen molar-refractivity contribution < 1.29 is 18.1 Å². The quantitative estimate of drug-likeness (QED) is 0.587. The number of rotatable bonds is 6. The van der Waals surface area contributed by atoms with E-state index in [0.717, 1.165) is 5.56 Å². The number of benzene rings is 2. The fourth-order valence-electron chi connectivity index (χ4n) is 3.19. The summed E-state index contributed by atoms with van der Waals surface area (Å²) in [5.41, 5.74) is 0.775. The molecule has 1 saturated heterocycles. The maximum atomic E-state index is 12.7. The Balaban J connectivity index is 1.55. The molecule has 0 unspecified atom stereocenters. The zero-order chi connectivity index (χ0) is 20.1. The summed E-state index contributed by atoms with van der Waals surface area (Å²) in [4.78, 5) is 22.3. The number of carbonyl (C=O) groups is 1. The molecular formula is C19H21N3O5S. The molecule has 8 nitrogen and oxygen atoms in total. The summed E-state index contributed by atoms with van der Waals surface area (Å²) in [6.07, 6.45) is 1.33. The van der Waals surface area contributed by atoms with E-state index in [0.29, 0.717) is 19.3 Å². The molecular weight excluding hydrogens is 382 g/mol. The van der Waals surface area contributed by atoms with E-state index in [4.69, 9.17) is 0 Å². The van der Waals surface area contributed by atoms with Gasteiger partial charge >= 0.3 is 0 Å². The van der Waals surface area contributed by atoms with Gasteiger partial charge in [0, 0.05) is 31.3 Å². The van der Waals surface area contributed by atoms with Gasteiger partial charge in [0.1, 0.15) is 0 Å². The first kappa shape index (κ1) is 20.0.